The van der Waals surface area contributed by atoms with E-state index in [1.807, 2.05) is 0 Å². The van der Waals surface area contributed by atoms with Gasteiger partial charge in [-0.25, -0.2) is 8.42 Å². The zero-order valence-electron chi connectivity index (χ0n) is 8.31. The summed E-state index contributed by atoms with van der Waals surface area (Å²) in [7, 11) is -7.98. The molecular weight excluding hydrogens is 255 g/mol. The Bertz CT molecular complexity index is 514. The van der Waals surface area contributed by atoms with Crippen LogP contribution in [0.4, 0.5) is 0 Å². The molecule has 0 radical (unpaired) electrons. The van der Waals surface area contributed by atoms with Crippen molar-refractivity contribution in [1.82, 2.24) is 0 Å². The summed E-state index contributed by atoms with van der Waals surface area (Å²) in [5.41, 5.74) is -0.0271. The molecule has 0 fully saturated rings. The van der Waals surface area contributed by atoms with E-state index in [0.717, 1.165) is 6.26 Å². The van der Waals surface area contributed by atoms with Crippen LogP contribution in [0.3, 0.4) is 0 Å². The minimum Gasteiger partial charge on any atom is -0.376 e. The molecule has 0 bridgehead atoms. The molecule has 1 atom stereocenters. The van der Waals surface area contributed by atoms with Crippen molar-refractivity contribution in [3.8, 4) is 0 Å². The van der Waals surface area contributed by atoms with E-state index in [2.05, 4.69) is 0 Å². The maximum Gasteiger partial charge on any atom is 0.358 e. The monoisotopic (exact) mass is 266 g/mol. The number of hydrogen-bond donors (Lipinski definition) is 3. The molecule has 0 amide bonds. The van der Waals surface area contributed by atoms with Crippen LogP contribution in [0.1, 0.15) is 11.4 Å². The highest BCUT2D eigenvalue weighted by molar-refractivity contribution is 7.90. The summed E-state index contributed by atoms with van der Waals surface area (Å²) in [6.45, 7) is 0. The van der Waals surface area contributed by atoms with E-state index in [1.165, 1.54) is 24.3 Å². The Balaban J connectivity index is 3.10. The molecule has 90 valence electrons. The van der Waals surface area contributed by atoms with Gasteiger partial charge >= 0.3 is 7.60 Å². The van der Waals surface area contributed by atoms with Crippen molar-refractivity contribution in [1.29, 1.82) is 0 Å². The Hall–Kier alpha value is -0.720. The minimum atomic E-state index is -4.63. The largest absolute Gasteiger partial charge is 0.376 e. The van der Waals surface area contributed by atoms with Crippen LogP contribution in [0.5, 0.6) is 0 Å². The van der Waals surface area contributed by atoms with Crippen molar-refractivity contribution in [3.05, 3.63) is 29.8 Å². The lowest BCUT2D eigenvalue weighted by Crippen LogP contribution is -2.00. The number of rotatable bonds is 3. The molecule has 6 nitrogen and oxygen atoms in total. The van der Waals surface area contributed by atoms with Gasteiger partial charge in [0.25, 0.3) is 0 Å². The lowest BCUT2D eigenvalue weighted by Gasteiger charge is -2.12. The van der Waals surface area contributed by atoms with Gasteiger partial charge in [0.2, 0.25) is 0 Å². The van der Waals surface area contributed by atoms with Gasteiger partial charge in [-0.15, -0.1) is 0 Å². The highest BCUT2D eigenvalue weighted by atomic mass is 32.2. The molecule has 1 rings (SSSR count). The standard InChI is InChI=1S/C8H11O6PS/c1-16(13,14)7-4-2-6(3-5-7)8(9)15(10,11)12/h2-5,8-9H,1H3,(H2,10,11,12). The lowest BCUT2D eigenvalue weighted by molar-refractivity contribution is 0.205. The van der Waals surface area contributed by atoms with Gasteiger partial charge in [-0.2, -0.15) is 0 Å². The van der Waals surface area contributed by atoms with E-state index in [4.69, 9.17) is 9.79 Å². The second kappa shape index (κ2) is 4.27. The highest BCUT2D eigenvalue weighted by Gasteiger charge is 2.27. The third-order valence-electron chi connectivity index (χ3n) is 1.92. The molecule has 3 N–H and O–H groups in total. The van der Waals surface area contributed by atoms with Crippen molar-refractivity contribution >= 4 is 17.4 Å². The van der Waals surface area contributed by atoms with Gasteiger partial charge in [0, 0.05) is 6.26 Å². The predicted molar refractivity (Wildman–Crippen MR) is 56.6 cm³/mol. The van der Waals surface area contributed by atoms with Gasteiger partial charge in [0.1, 0.15) is 0 Å². The van der Waals surface area contributed by atoms with Gasteiger partial charge in [-0.3, -0.25) is 4.57 Å². The maximum atomic E-state index is 11.1. The second-order valence-electron chi connectivity index (χ2n) is 3.30. The quantitative estimate of drug-likeness (QED) is 0.676. The van der Waals surface area contributed by atoms with Crippen LogP contribution in [-0.4, -0.2) is 29.6 Å². The Morgan fingerprint density at radius 1 is 1.19 bits per heavy atom. The summed E-state index contributed by atoms with van der Waals surface area (Å²) in [6.07, 6.45) is 1.02. The van der Waals surface area contributed by atoms with E-state index in [0.29, 0.717) is 0 Å². The number of sulfone groups is 1. The van der Waals surface area contributed by atoms with E-state index in [9.17, 15) is 18.1 Å². The third kappa shape index (κ3) is 3.13. The molecule has 1 unspecified atom stereocenters. The summed E-state index contributed by atoms with van der Waals surface area (Å²) in [6, 6.07) is 4.70. The van der Waals surface area contributed by atoms with Crippen LogP contribution in [0, 0.1) is 0 Å². The molecule has 0 heterocycles. The van der Waals surface area contributed by atoms with Crippen molar-refractivity contribution in [3.63, 3.8) is 0 Å². The Morgan fingerprint density at radius 3 is 1.94 bits per heavy atom. The van der Waals surface area contributed by atoms with Crippen LogP contribution in [0.15, 0.2) is 29.2 Å². The SMILES string of the molecule is CS(=O)(=O)c1ccc(C(O)P(=O)(O)O)cc1. The average Bonchev–Trinajstić information content (AvgIpc) is 2.14. The van der Waals surface area contributed by atoms with Gasteiger partial charge in [-0.1, -0.05) is 12.1 Å². The van der Waals surface area contributed by atoms with Crippen molar-refractivity contribution in [2.45, 2.75) is 10.7 Å². The first-order valence-electron chi connectivity index (χ1n) is 4.15. The van der Waals surface area contributed by atoms with E-state index in [-0.39, 0.29) is 10.5 Å². The van der Waals surface area contributed by atoms with Crippen LogP contribution in [0.2, 0.25) is 0 Å². The molecule has 0 aromatic heterocycles. The average molecular weight is 266 g/mol. The topological polar surface area (TPSA) is 112 Å². The zero-order chi connectivity index (χ0) is 12.6. The highest BCUT2D eigenvalue weighted by Crippen LogP contribution is 2.49. The molecule has 8 heteroatoms. The molecule has 16 heavy (non-hydrogen) atoms. The molecule has 0 spiro atoms. The van der Waals surface area contributed by atoms with Crippen LogP contribution >= 0.6 is 7.60 Å². The molecular formula is C8H11O6PS. The summed E-state index contributed by atoms with van der Waals surface area (Å²) in [5, 5.41) is 9.24. The number of aliphatic hydroxyl groups excluding tert-OH is 1. The first-order valence-corrected chi connectivity index (χ1v) is 7.73. The summed E-state index contributed by atoms with van der Waals surface area (Å²) >= 11 is 0. The molecule has 1 aromatic rings. The fourth-order valence-electron chi connectivity index (χ4n) is 1.08. The number of aliphatic hydroxyl groups is 1. The van der Waals surface area contributed by atoms with E-state index < -0.39 is 23.3 Å². The van der Waals surface area contributed by atoms with Crippen molar-refractivity contribution in [2.75, 3.05) is 6.26 Å². The van der Waals surface area contributed by atoms with E-state index >= 15 is 0 Å². The normalized spacial score (nSPS) is 14.8. The van der Waals surface area contributed by atoms with Crippen molar-refractivity contribution < 1.29 is 27.9 Å². The number of benzene rings is 1. The van der Waals surface area contributed by atoms with E-state index in [1.54, 1.807) is 0 Å². The first kappa shape index (κ1) is 13.3. The zero-order valence-corrected chi connectivity index (χ0v) is 10.0. The maximum absolute atomic E-state index is 11.1. The van der Waals surface area contributed by atoms with Crippen LogP contribution < -0.4 is 0 Å². The third-order valence-corrected chi connectivity index (χ3v) is 3.99. The van der Waals surface area contributed by atoms with Gasteiger partial charge in [0.05, 0.1) is 4.90 Å². The Morgan fingerprint density at radius 2 is 1.62 bits per heavy atom. The van der Waals surface area contributed by atoms with Gasteiger partial charge in [0.15, 0.2) is 15.7 Å². The molecule has 0 saturated heterocycles. The smallest absolute Gasteiger partial charge is 0.358 e. The minimum absolute atomic E-state index is 0.0224. The van der Waals surface area contributed by atoms with Crippen LogP contribution in [0.25, 0.3) is 0 Å². The fourth-order valence-corrected chi connectivity index (χ4v) is 2.27. The molecule has 1 aromatic carbocycles. The summed E-state index contributed by atoms with van der Waals surface area (Å²) in [4.78, 5) is 17.4. The first-order chi connectivity index (χ1) is 7.12. The molecule has 0 aliphatic carbocycles. The Labute approximate surface area is 92.6 Å². The molecule has 0 aliphatic rings. The van der Waals surface area contributed by atoms with Gasteiger partial charge in [-0.05, 0) is 17.7 Å². The molecule has 0 saturated carbocycles. The lowest BCUT2D eigenvalue weighted by atomic mass is 10.2. The van der Waals surface area contributed by atoms with Gasteiger partial charge < -0.3 is 14.9 Å². The van der Waals surface area contributed by atoms with Crippen LogP contribution in [-0.2, 0) is 14.4 Å². The summed E-state index contributed by atoms with van der Waals surface area (Å²) in [5.74, 6) is -1.93. The fraction of sp³-hybridized carbons (Fsp3) is 0.250. The summed E-state index contributed by atoms with van der Waals surface area (Å²) < 4.78 is 32.9. The molecule has 0 aliphatic heterocycles. The Kier molecular flexibility index (Phi) is 3.56. The predicted octanol–water partition coefficient (Wildman–Crippen LogP) is 0.259. The number of hydrogen-bond acceptors (Lipinski definition) is 4. The second-order valence-corrected chi connectivity index (χ2v) is 6.99. The van der Waals surface area contributed by atoms with Crippen molar-refractivity contribution in [2.24, 2.45) is 0 Å².